The van der Waals surface area contributed by atoms with Crippen molar-refractivity contribution >= 4 is 34.0 Å². The van der Waals surface area contributed by atoms with Crippen LogP contribution in [0.5, 0.6) is 0 Å². The quantitative estimate of drug-likeness (QED) is 0.535. The van der Waals surface area contributed by atoms with E-state index in [0.717, 1.165) is 18.4 Å². The molecule has 0 N–H and O–H groups in total. The van der Waals surface area contributed by atoms with Gasteiger partial charge in [-0.3, -0.25) is 4.79 Å². The van der Waals surface area contributed by atoms with Crippen molar-refractivity contribution in [3.05, 3.63) is 22.4 Å². The highest BCUT2D eigenvalue weighted by molar-refractivity contribution is 9.10. The van der Waals surface area contributed by atoms with E-state index < -0.39 is 5.60 Å². The van der Waals surface area contributed by atoms with Crippen molar-refractivity contribution in [2.75, 3.05) is 24.5 Å². The predicted molar refractivity (Wildman–Crippen MR) is 106 cm³/mol. The summed E-state index contributed by atoms with van der Waals surface area (Å²) in [5, 5.41) is 0. The van der Waals surface area contributed by atoms with Gasteiger partial charge in [0, 0.05) is 19.6 Å². The summed E-state index contributed by atoms with van der Waals surface area (Å²) in [4.78, 5) is 32.3. The molecule has 6 nitrogen and oxygen atoms in total. The molecule has 1 unspecified atom stereocenters. The number of rotatable bonds is 4. The van der Waals surface area contributed by atoms with Gasteiger partial charge < -0.3 is 14.5 Å². The number of anilines is 1. The zero-order valence-corrected chi connectivity index (χ0v) is 17.7. The van der Waals surface area contributed by atoms with E-state index in [-0.39, 0.29) is 12.1 Å². The number of pyridine rings is 1. The van der Waals surface area contributed by atoms with Crippen molar-refractivity contribution in [3.63, 3.8) is 0 Å². The molecule has 1 fully saturated rings. The number of nitrogens with zero attached hydrogens (tertiary/aromatic N) is 3. The van der Waals surface area contributed by atoms with Gasteiger partial charge in [-0.05, 0) is 61.2 Å². The predicted octanol–water partition coefficient (Wildman–Crippen LogP) is 4.13. The molecule has 2 heterocycles. The van der Waals surface area contributed by atoms with E-state index in [2.05, 4.69) is 39.7 Å². The van der Waals surface area contributed by atoms with Gasteiger partial charge >= 0.3 is 6.09 Å². The smallest absolute Gasteiger partial charge is 0.410 e. The van der Waals surface area contributed by atoms with Gasteiger partial charge in [-0.2, -0.15) is 0 Å². The highest BCUT2D eigenvalue weighted by Gasteiger charge is 2.34. The van der Waals surface area contributed by atoms with E-state index >= 15 is 0 Å². The Bertz CT molecular complexity index is 658. The van der Waals surface area contributed by atoms with Gasteiger partial charge in [-0.1, -0.05) is 13.8 Å². The summed E-state index contributed by atoms with van der Waals surface area (Å²) in [6.45, 7) is 11.8. The minimum absolute atomic E-state index is 0.0294. The van der Waals surface area contributed by atoms with Gasteiger partial charge in [-0.15, -0.1) is 0 Å². The van der Waals surface area contributed by atoms with Crippen molar-refractivity contribution in [3.8, 4) is 0 Å². The van der Waals surface area contributed by atoms with Crippen LogP contribution in [-0.4, -0.2) is 53.5 Å². The van der Waals surface area contributed by atoms with Gasteiger partial charge in [0.15, 0.2) is 6.29 Å². The fourth-order valence-electron chi connectivity index (χ4n) is 3.18. The lowest BCUT2D eigenvalue weighted by Gasteiger charge is -2.43. The van der Waals surface area contributed by atoms with E-state index in [1.165, 1.54) is 0 Å². The number of halogens is 1. The first-order chi connectivity index (χ1) is 12.1. The Kier molecular flexibility index (Phi) is 6.66. The van der Waals surface area contributed by atoms with Crippen LogP contribution in [0.4, 0.5) is 10.5 Å². The van der Waals surface area contributed by atoms with Gasteiger partial charge in [0.2, 0.25) is 0 Å². The standard InChI is InChI=1S/C19H28BrN3O3/c1-13(2)10-14-11-22(16-6-7-17(20)21-15(16)12-24)8-9-23(14)18(25)26-19(3,4)5/h6-7,12-14H,8-11H2,1-5H3. The van der Waals surface area contributed by atoms with Crippen molar-refractivity contribution < 1.29 is 14.3 Å². The molecule has 1 aliphatic rings. The Morgan fingerprint density at radius 1 is 1.38 bits per heavy atom. The van der Waals surface area contributed by atoms with E-state index in [4.69, 9.17) is 4.74 Å². The maximum atomic E-state index is 12.6. The molecule has 144 valence electrons. The third-order valence-electron chi connectivity index (χ3n) is 4.17. The average molecular weight is 426 g/mol. The molecule has 2 rings (SSSR count). The molecule has 0 radical (unpaired) electrons. The lowest BCUT2D eigenvalue weighted by Crippen LogP contribution is -2.56. The second-order valence-corrected chi connectivity index (χ2v) is 8.87. The Morgan fingerprint density at radius 2 is 2.08 bits per heavy atom. The van der Waals surface area contributed by atoms with Crippen molar-refractivity contribution in [1.29, 1.82) is 0 Å². The van der Waals surface area contributed by atoms with Crippen LogP contribution in [0.25, 0.3) is 0 Å². The van der Waals surface area contributed by atoms with Crippen LogP contribution in [0.1, 0.15) is 51.5 Å². The Hall–Kier alpha value is -1.63. The molecule has 0 aliphatic carbocycles. The molecule has 1 amide bonds. The number of piperazine rings is 1. The number of ether oxygens (including phenoxy) is 1. The summed E-state index contributed by atoms with van der Waals surface area (Å²) < 4.78 is 6.22. The molecule has 7 heteroatoms. The van der Waals surface area contributed by atoms with Gasteiger partial charge in [0.05, 0.1) is 11.7 Å². The monoisotopic (exact) mass is 425 g/mol. The molecule has 1 aliphatic heterocycles. The molecule has 1 atom stereocenters. The van der Waals surface area contributed by atoms with E-state index in [1.54, 1.807) is 0 Å². The molecule has 0 spiro atoms. The molecule has 26 heavy (non-hydrogen) atoms. The topological polar surface area (TPSA) is 62.7 Å². The van der Waals surface area contributed by atoms with Gasteiger partial charge in [0.1, 0.15) is 15.9 Å². The first-order valence-electron chi connectivity index (χ1n) is 8.97. The van der Waals surface area contributed by atoms with Crippen LogP contribution < -0.4 is 4.90 Å². The average Bonchev–Trinajstić information content (AvgIpc) is 2.52. The number of hydrogen-bond donors (Lipinski definition) is 0. The van der Waals surface area contributed by atoms with Crippen LogP contribution in [-0.2, 0) is 4.74 Å². The summed E-state index contributed by atoms with van der Waals surface area (Å²) in [7, 11) is 0. The third-order valence-corrected chi connectivity index (χ3v) is 4.62. The van der Waals surface area contributed by atoms with E-state index in [1.807, 2.05) is 37.8 Å². The molecular formula is C19H28BrN3O3. The summed E-state index contributed by atoms with van der Waals surface area (Å²) in [5.41, 5.74) is 0.700. The molecule has 1 aromatic rings. The van der Waals surface area contributed by atoms with E-state index in [0.29, 0.717) is 35.8 Å². The molecule has 0 bridgehead atoms. The van der Waals surface area contributed by atoms with Crippen LogP contribution in [0, 0.1) is 5.92 Å². The highest BCUT2D eigenvalue weighted by Crippen LogP contribution is 2.26. The minimum Gasteiger partial charge on any atom is -0.444 e. The number of carbonyl (C=O) groups excluding carboxylic acids is 2. The Morgan fingerprint density at radius 3 is 2.65 bits per heavy atom. The maximum Gasteiger partial charge on any atom is 0.410 e. The normalized spacial score (nSPS) is 18.2. The molecular weight excluding hydrogens is 398 g/mol. The first-order valence-corrected chi connectivity index (χ1v) is 9.76. The second-order valence-electron chi connectivity index (χ2n) is 8.06. The van der Waals surface area contributed by atoms with Crippen LogP contribution in [0.15, 0.2) is 16.7 Å². The van der Waals surface area contributed by atoms with Crippen molar-refractivity contribution in [2.45, 2.75) is 52.7 Å². The molecule has 0 saturated carbocycles. The fraction of sp³-hybridized carbons (Fsp3) is 0.632. The fourth-order valence-corrected chi connectivity index (χ4v) is 3.50. The zero-order valence-electron chi connectivity index (χ0n) is 16.2. The molecule has 1 saturated heterocycles. The summed E-state index contributed by atoms with van der Waals surface area (Å²) in [6.07, 6.45) is 1.38. The van der Waals surface area contributed by atoms with Crippen molar-refractivity contribution in [1.82, 2.24) is 9.88 Å². The van der Waals surface area contributed by atoms with E-state index in [9.17, 15) is 9.59 Å². The maximum absolute atomic E-state index is 12.6. The highest BCUT2D eigenvalue weighted by atomic mass is 79.9. The van der Waals surface area contributed by atoms with Crippen LogP contribution >= 0.6 is 15.9 Å². The SMILES string of the molecule is CC(C)CC1CN(c2ccc(Br)nc2C=O)CCN1C(=O)OC(C)(C)C. The zero-order chi connectivity index (χ0) is 19.5. The number of aldehydes is 1. The van der Waals surface area contributed by atoms with Crippen molar-refractivity contribution in [2.24, 2.45) is 5.92 Å². The first kappa shape index (κ1) is 20.7. The van der Waals surface area contributed by atoms with Crippen LogP contribution in [0.3, 0.4) is 0 Å². The number of amides is 1. The number of hydrogen-bond acceptors (Lipinski definition) is 5. The molecule has 1 aromatic heterocycles. The summed E-state index contributed by atoms with van der Waals surface area (Å²) in [5.74, 6) is 0.443. The summed E-state index contributed by atoms with van der Waals surface area (Å²) >= 11 is 3.30. The van der Waals surface area contributed by atoms with Gasteiger partial charge in [-0.25, -0.2) is 9.78 Å². The number of aromatic nitrogens is 1. The summed E-state index contributed by atoms with van der Waals surface area (Å²) in [6, 6.07) is 3.76. The lowest BCUT2D eigenvalue weighted by molar-refractivity contribution is 0.0119. The minimum atomic E-state index is -0.517. The number of carbonyl (C=O) groups is 2. The Balaban J connectivity index is 2.22. The Labute approximate surface area is 164 Å². The van der Waals surface area contributed by atoms with Gasteiger partial charge in [0.25, 0.3) is 0 Å². The molecule has 0 aromatic carbocycles. The van der Waals surface area contributed by atoms with Crippen LogP contribution in [0.2, 0.25) is 0 Å². The lowest BCUT2D eigenvalue weighted by atomic mass is 10.00. The third kappa shape index (κ3) is 5.43. The largest absolute Gasteiger partial charge is 0.444 e. The second kappa shape index (κ2) is 8.37.